The summed E-state index contributed by atoms with van der Waals surface area (Å²) in [6.45, 7) is 5.30. The summed E-state index contributed by atoms with van der Waals surface area (Å²) in [5.41, 5.74) is -1.22. The Morgan fingerprint density at radius 3 is 2.52 bits per heavy atom. The zero-order chi connectivity index (χ0) is 15.8. The quantitative estimate of drug-likeness (QED) is 0.898. The van der Waals surface area contributed by atoms with Gasteiger partial charge in [0.05, 0.1) is 5.41 Å². The fourth-order valence-electron chi connectivity index (χ4n) is 3.14. The first-order valence-corrected chi connectivity index (χ1v) is 6.98. The lowest BCUT2D eigenvalue weighted by Crippen LogP contribution is -2.43. The third kappa shape index (κ3) is 2.52. The van der Waals surface area contributed by atoms with Gasteiger partial charge in [0.15, 0.2) is 0 Å². The van der Waals surface area contributed by atoms with Crippen molar-refractivity contribution in [3.05, 3.63) is 30.1 Å². The Hall–Kier alpha value is -1.91. The molecule has 1 fully saturated rings. The second kappa shape index (κ2) is 5.13. The molecule has 1 amide bonds. The molecule has 5 heteroatoms. The van der Waals surface area contributed by atoms with E-state index in [1.54, 1.807) is 13.0 Å². The number of halogens is 1. The van der Waals surface area contributed by atoms with Crippen LogP contribution in [0.3, 0.4) is 0 Å². The number of amides is 1. The molecule has 0 radical (unpaired) electrons. The molecule has 0 heterocycles. The molecule has 0 aliphatic heterocycles. The highest BCUT2D eigenvalue weighted by Gasteiger charge is 2.58. The lowest BCUT2D eigenvalue weighted by molar-refractivity contribution is -0.154. The third-order valence-electron chi connectivity index (χ3n) is 5.11. The standard InChI is InChI=1S/C16H20FNO3/c1-15(2)12(7-8-16(15,3)14(20)21)13(19)18-11-6-4-5-10(17)9-11/h4-6,9,12H,7-8H2,1-3H3,(H,18,19)(H,20,21)/t12-,16-/m1/s1. The molecular formula is C16H20FNO3. The maximum absolute atomic E-state index is 13.1. The Kier molecular flexibility index (Phi) is 3.78. The SMILES string of the molecule is CC1(C)[C@@H](C(=O)Nc2cccc(F)c2)CC[C@]1(C)C(=O)O. The molecule has 0 bridgehead atoms. The molecule has 0 aromatic heterocycles. The number of carboxylic acid groups (broad SMARTS) is 1. The van der Waals surface area contributed by atoms with Crippen LogP contribution < -0.4 is 5.32 Å². The van der Waals surface area contributed by atoms with E-state index in [4.69, 9.17) is 0 Å². The number of carbonyl (C=O) groups excluding carboxylic acids is 1. The summed E-state index contributed by atoms with van der Waals surface area (Å²) in [4.78, 5) is 24.0. The Morgan fingerprint density at radius 1 is 1.33 bits per heavy atom. The van der Waals surface area contributed by atoms with Crippen molar-refractivity contribution in [3.8, 4) is 0 Å². The molecular weight excluding hydrogens is 273 g/mol. The fourth-order valence-corrected chi connectivity index (χ4v) is 3.14. The number of hydrogen-bond acceptors (Lipinski definition) is 2. The number of hydrogen-bond donors (Lipinski definition) is 2. The van der Waals surface area contributed by atoms with Crippen LogP contribution in [0.15, 0.2) is 24.3 Å². The molecule has 114 valence electrons. The summed E-state index contributed by atoms with van der Waals surface area (Å²) in [5.74, 6) is -1.97. The largest absolute Gasteiger partial charge is 0.481 e. The van der Waals surface area contributed by atoms with Gasteiger partial charge in [0, 0.05) is 11.6 Å². The summed E-state index contributed by atoms with van der Waals surface area (Å²) in [6, 6.07) is 5.68. The van der Waals surface area contributed by atoms with Gasteiger partial charge < -0.3 is 10.4 Å². The van der Waals surface area contributed by atoms with E-state index in [2.05, 4.69) is 5.32 Å². The van der Waals surface area contributed by atoms with Crippen LogP contribution in [0.4, 0.5) is 10.1 Å². The van der Waals surface area contributed by atoms with Crippen LogP contribution in [0.5, 0.6) is 0 Å². The van der Waals surface area contributed by atoms with E-state index in [9.17, 15) is 19.1 Å². The van der Waals surface area contributed by atoms with Gasteiger partial charge in [-0.1, -0.05) is 19.9 Å². The first-order valence-electron chi connectivity index (χ1n) is 6.98. The molecule has 0 saturated heterocycles. The van der Waals surface area contributed by atoms with Crippen molar-refractivity contribution in [2.24, 2.45) is 16.7 Å². The van der Waals surface area contributed by atoms with Gasteiger partial charge in [-0.15, -0.1) is 0 Å². The highest BCUT2D eigenvalue weighted by molar-refractivity contribution is 5.94. The molecule has 2 rings (SSSR count). The Morgan fingerprint density at radius 2 is 2.00 bits per heavy atom. The number of rotatable bonds is 3. The van der Waals surface area contributed by atoms with Crippen LogP contribution in [0.1, 0.15) is 33.6 Å². The Labute approximate surface area is 123 Å². The molecule has 21 heavy (non-hydrogen) atoms. The van der Waals surface area contributed by atoms with Crippen molar-refractivity contribution in [1.29, 1.82) is 0 Å². The molecule has 1 aliphatic carbocycles. The Balaban J connectivity index is 2.19. The predicted octanol–water partition coefficient (Wildman–Crippen LogP) is 3.29. The first kappa shape index (κ1) is 15.5. The minimum absolute atomic E-state index is 0.254. The molecule has 0 unspecified atom stereocenters. The van der Waals surface area contributed by atoms with Gasteiger partial charge in [0.2, 0.25) is 5.91 Å². The first-order chi connectivity index (χ1) is 9.68. The van der Waals surface area contributed by atoms with E-state index in [1.165, 1.54) is 18.2 Å². The molecule has 1 aromatic carbocycles. The van der Waals surface area contributed by atoms with Gasteiger partial charge in [-0.25, -0.2) is 4.39 Å². The van der Waals surface area contributed by atoms with Gasteiger partial charge in [-0.3, -0.25) is 9.59 Å². The van der Waals surface area contributed by atoms with Gasteiger partial charge in [0.25, 0.3) is 0 Å². The molecule has 0 spiro atoms. The average molecular weight is 293 g/mol. The maximum atomic E-state index is 13.1. The van der Waals surface area contributed by atoms with Crippen molar-refractivity contribution >= 4 is 17.6 Å². The minimum Gasteiger partial charge on any atom is -0.481 e. The third-order valence-corrected chi connectivity index (χ3v) is 5.11. The van der Waals surface area contributed by atoms with E-state index in [0.29, 0.717) is 18.5 Å². The number of carboxylic acids is 1. The lowest BCUT2D eigenvalue weighted by atomic mass is 9.65. The van der Waals surface area contributed by atoms with Crippen LogP contribution in [-0.4, -0.2) is 17.0 Å². The number of aliphatic carboxylic acids is 1. The van der Waals surface area contributed by atoms with Crippen LogP contribution in [0.2, 0.25) is 0 Å². The molecule has 1 aliphatic rings. The smallest absolute Gasteiger partial charge is 0.309 e. The summed E-state index contributed by atoms with van der Waals surface area (Å²) in [6.07, 6.45) is 0.966. The van der Waals surface area contributed by atoms with Gasteiger partial charge in [-0.2, -0.15) is 0 Å². The zero-order valence-electron chi connectivity index (χ0n) is 12.4. The maximum Gasteiger partial charge on any atom is 0.309 e. The molecule has 2 N–H and O–H groups in total. The van der Waals surface area contributed by atoms with Crippen molar-refractivity contribution in [1.82, 2.24) is 0 Å². The second-order valence-corrected chi connectivity index (χ2v) is 6.45. The number of nitrogens with one attached hydrogen (secondary N) is 1. The second-order valence-electron chi connectivity index (χ2n) is 6.45. The Bertz CT molecular complexity index is 585. The van der Waals surface area contributed by atoms with E-state index in [-0.39, 0.29) is 5.91 Å². The highest BCUT2D eigenvalue weighted by atomic mass is 19.1. The summed E-state index contributed by atoms with van der Waals surface area (Å²) < 4.78 is 13.1. The van der Waals surface area contributed by atoms with Crippen LogP contribution in [0.25, 0.3) is 0 Å². The van der Waals surface area contributed by atoms with Crippen LogP contribution in [0, 0.1) is 22.6 Å². The van der Waals surface area contributed by atoms with Crippen molar-refractivity contribution in [3.63, 3.8) is 0 Å². The average Bonchev–Trinajstić information content (AvgIpc) is 2.61. The van der Waals surface area contributed by atoms with Crippen LogP contribution >= 0.6 is 0 Å². The van der Waals surface area contributed by atoms with E-state index >= 15 is 0 Å². The zero-order valence-corrected chi connectivity index (χ0v) is 12.4. The molecule has 1 saturated carbocycles. The van der Waals surface area contributed by atoms with Crippen molar-refractivity contribution in [2.45, 2.75) is 33.6 Å². The fraction of sp³-hybridized carbons (Fsp3) is 0.500. The van der Waals surface area contributed by atoms with E-state index in [1.807, 2.05) is 13.8 Å². The van der Waals surface area contributed by atoms with Crippen molar-refractivity contribution < 1.29 is 19.1 Å². The normalized spacial score (nSPS) is 27.3. The van der Waals surface area contributed by atoms with Crippen molar-refractivity contribution in [2.75, 3.05) is 5.32 Å². The van der Waals surface area contributed by atoms with Gasteiger partial charge in [-0.05, 0) is 43.4 Å². The topological polar surface area (TPSA) is 66.4 Å². The molecule has 2 atom stereocenters. The summed E-state index contributed by atoms with van der Waals surface area (Å²) in [5, 5.41) is 12.1. The van der Waals surface area contributed by atoms with Gasteiger partial charge in [0.1, 0.15) is 5.82 Å². The lowest BCUT2D eigenvalue weighted by Gasteiger charge is -2.37. The van der Waals surface area contributed by atoms with E-state index in [0.717, 1.165) is 0 Å². The van der Waals surface area contributed by atoms with Crippen LogP contribution in [-0.2, 0) is 9.59 Å². The number of carbonyl (C=O) groups is 2. The predicted molar refractivity (Wildman–Crippen MR) is 77.3 cm³/mol. The monoisotopic (exact) mass is 293 g/mol. The summed E-state index contributed by atoms with van der Waals surface area (Å²) in [7, 11) is 0. The molecule has 1 aromatic rings. The number of anilines is 1. The van der Waals surface area contributed by atoms with Gasteiger partial charge >= 0.3 is 5.97 Å². The molecule has 4 nitrogen and oxygen atoms in total. The summed E-state index contributed by atoms with van der Waals surface area (Å²) >= 11 is 0. The number of benzene rings is 1. The van der Waals surface area contributed by atoms with E-state index < -0.39 is 28.5 Å². The highest BCUT2D eigenvalue weighted by Crippen LogP contribution is 2.56. The minimum atomic E-state index is -0.934.